The maximum Gasteiger partial charge on any atom is 0.185 e. The molecule has 144 valence electrons. The maximum atomic E-state index is 13.0. The zero-order chi connectivity index (χ0) is 19.0. The van der Waals surface area contributed by atoms with Crippen molar-refractivity contribution in [1.82, 2.24) is 25.3 Å². The topological polar surface area (TPSA) is 97.6 Å². The van der Waals surface area contributed by atoms with E-state index in [1.54, 1.807) is 18.0 Å². The summed E-state index contributed by atoms with van der Waals surface area (Å²) >= 11 is 1.54. The molecule has 0 bridgehead atoms. The molecule has 1 aliphatic rings. The average Bonchev–Trinajstić information content (AvgIpc) is 3.33. The minimum absolute atomic E-state index is 0. The van der Waals surface area contributed by atoms with Crippen LogP contribution in [0.2, 0.25) is 0 Å². The van der Waals surface area contributed by atoms with E-state index in [1.807, 2.05) is 13.2 Å². The fraction of sp³-hybridized carbons (Fsp3) is 0.526. The number of nitrogens with one attached hydrogen (secondary N) is 1. The molecule has 0 spiro atoms. The molecule has 27 heavy (non-hydrogen) atoms. The van der Waals surface area contributed by atoms with Crippen molar-refractivity contribution in [3.05, 3.63) is 17.5 Å². The quantitative estimate of drug-likeness (QED) is 0.496. The summed E-state index contributed by atoms with van der Waals surface area (Å²) in [5.74, 6) is 1.51. The van der Waals surface area contributed by atoms with Gasteiger partial charge in [-0.05, 0) is 38.4 Å². The minimum Gasteiger partial charge on any atom is -0.359 e. The van der Waals surface area contributed by atoms with Gasteiger partial charge in [-0.15, -0.1) is 11.8 Å². The zero-order valence-corrected chi connectivity index (χ0v) is 16.7. The third kappa shape index (κ3) is 2.77. The van der Waals surface area contributed by atoms with Crippen molar-refractivity contribution in [1.29, 1.82) is 0 Å². The number of Topliss-reactive ketones (excluding diaryl/α,β-unsaturated/α-hetero) is 1. The van der Waals surface area contributed by atoms with Gasteiger partial charge in [0.25, 0.3) is 0 Å². The second-order valence-corrected chi connectivity index (χ2v) is 7.78. The van der Waals surface area contributed by atoms with Crippen molar-refractivity contribution in [3.8, 4) is 11.5 Å². The van der Waals surface area contributed by atoms with Gasteiger partial charge < -0.3 is 4.52 Å². The van der Waals surface area contributed by atoms with Crippen LogP contribution in [0.1, 0.15) is 58.7 Å². The number of carbonyl (C=O) groups is 1. The summed E-state index contributed by atoms with van der Waals surface area (Å²) in [6.07, 6.45) is 8.42. The van der Waals surface area contributed by atoms with E-state index in [0.29, 0.717) is 23.6 Å². The molecule has 0 aliphatic heterocycles. The molecule has 0 saturated heterocycles. The Kier molecular flexibility index (Phi) is 4.75. The van der Waals surface area contributed by atoms with E-state index >= 15 is 0 Å². The number of hydrogen-bond donors (Lipinski definition) is 1. The SMILES string of the molecule is CCCC(=O)[C@@]1(CC)CCCc2c(-c3nc(SC)c4cn[nH]c4n3)noc21.[HH]. The number of H-pyrrole nitrogens is 1. The highest BCUT2D eigenvalue weighted by atomic mass is 32.2. The second kappa shape index (κ2) is 7.07. The van der Waals surface area contributed by atoms with Crippen LogP contribution >= 0.6 is 11.8 Å². The van der Waals surface area contributed by atoms with Crippen LogP contribution in [0, 0.1) is 0 Å². The first-order valence-electron chi connectivity index (χ1n) is 9.42. The molecule has 0 saturated carbocycles. The summed E-state index contributed by atoms with van der Waals surface area (Å²) in [6, 6.07) is 0. The van der Waals surface area contributed by atoms with Gasteiger partial charge in [-0.3, -0.25) is 9.89 Å². The molecule has 0 fully saturated rings. The van der Waals surface area contributed by atoms with Gasteiger partial charge in [0.05, 0.1) is 17.0 Å². The molecule has 0 aromatic carbocycles. The molecular formula is C19H25N5O2S. The Morgan fingerprint density at radius 1 is 1.41 bits per heavy atom. The molecular weight excluding hydrogens is 362 g/mol. The van der Waals surface area contributed by atoms with E-state index in [4.69, 9.17) is 4.52 Å². The van der Waals surface area contributed by atoms with E-state index in [2.05, 4.69) is 32.2 Å². The van der Waals surface area contributed by atoms with Gasteiger partial charge >= 0.3 is 0 Å². The molecule has 1 atom stereocenters. The van der Waals surface area contributed by atoms with E-state index in [0.717, 1.165) is 53.8 Å². The predicted molar refractivity (Wildman–Crippen MR) is 106 cm³/mol. The number of aromatic amines is 1. The Morgan fingerprint density at radius 2 is 2.26 bits per heavy atom. The molecule has 0 unspecified atom stereocenters. The van der Waals surface area contributed by atoms with Crippen molar-refractivity contribution >= 4 is 28.6 Å². The summed E-state index contributed by atoms with van der Waals surface area (Å²) in [6.45, 7) is 4.10. The van der Waals surface area contributed by atoms with Gasteiger partial charge in [0.15, 0.2) is 22.9 Å². The van der Waals surface area contributed by atoms with E-state index < -0.39 is 5.41 Å². The Labute approximate surface area is 163 Å². The Morgan fingerprint density at radius 3 is 3.00 bits per heavy atom. The second-order valence-electron chi connectivity index (χ2n) is 6.99. The Hall–Kier alpha value is -2.22. The summed E-state index contributed by atoms with van der Waals surface area (Å²) in [5.41, 5.74) is 1.76. The molecule has 0 radical (unpaired) electrons. The van der Waals surface area contributed by atoms with Gasteiger partial charge in [0.1, 0.15) is 10.8 Å². The standard InChI is InChI=1S/C19H23N5O2S.H2/c1-4-7-13(25)19(5-2)9-6-8-11-14(24-26-15(11)19)17-21-16-12(10-20-23-16)18(22-17)27-3;/h10H,4-9H2,1-3H3,(H,20,21,22,23);1H/t19-;/m1./s1. The van der Waals surface area contributed by atoms with Crippen LogP contribution in [0.25, 0.3) is 22.6 Å². The van der Waals surface area contributed by atoms with E-state index in [1.165, 1.54) is 0 Å². The van der Waals surface area contributed by atoms with Gasteiger partial charge in [-0.25, -0.2) is 9.97 Å². The average molecular weight is 388 g/mol. The molecule has 8 heteroatoms. The normalized spacial score (nSPS) is 19.4. The van der Waals surface area contributed by atoms with Gasteiger partial charge in [0.2, 0.25) is 0 Å². The Bertz CT molecular complexity index is 1000. The minimum atomic E-state index is -0.560. The highest BCUT2D eigenvalue weighted by Crippen LogP contribution is 2.44. The lowest BCUT2D eigenvalue weighted by Gasteiger charge is -2.33. The monoisotopic (exact) mass is 387 g/mol. The van der Waals surface area contributed by atoms with Crippen molar-refractivity contribution in [2.24, 2.45) is 0 Å². The largest absolute Gasteiger partial charge is 0.359 e. The maximum absolute atomic E-state index is 13.0. The van der Waals surface area contributed by atoms with Crippen LogP contribution in [0.3, 0.4) is 0 Å². The van der Waals surface area contributed by atoms with Crippen LogP contribution in [0.4, 0.5) is 0 Å². The highest BCUT2D eigenvalue weighted by molar-refractivity contribution is 7.98. The number of aromatic nitrogens is 5. The number of carbonyl (C=O) groups excluding carboxylic acids is 1. The van der Waals surface area contributed by atoms with Crippen molar-refractivity contribution < 1.29 is 10.7 Å². The smallest absolute Gasteiger partial charge is 0.185 e. The van der Waals surface area contributed by atoms with Crippen LogP contribution in [-0.4, -0.2) is 37.4 Å². The number of rotatable bonds is 6. The van der Waals surface area contributed by atoms with Crippen LogP contribution in [-0.2, 0) is 16.6 Å². The number of ketones is 1. The van der Waals surface area contributed by atoms with Crippen molar-refractivity contribution in [3.63, 3.8) is 0 Å². The number of thioether (sulfide) groups is 1. The summed E-state index contributed by atoms with van der Waals surface area (Å²) in [5, 5.41) is 13.0. The summed E-state index contributed by atoms with van der Waals surface area (Å²) in [4.78, 5) is 22.2. The lowest BCUT2D eigenvalue weighted by molar-refractivity contribution is -0.126. The lowest BCUT2D eigenvalue weighted by Crippen LogP contribution is -2.38. The number of nitrogens with zero attached hydrogens (tertiary/aromatic N) is 4. The van der Waals surface area contributed by atoms with Gasteiger partial charge in [-0.2, -0.15) is 5.10 Å². The first-order chi connectivity index (χ1) is 13.1. The molecule has 1 aliphatic carbocycles. The van der Waals surface area contributed by atoms with E-state index in [9.17, 15) is 4.79 Å². The zero-order valence-electron chi connectivity index (χ0n) is 15.8. The molecule has 0 amide bonds. The third-order valence-electron chi connectivity index (χ3n) is 5.55. The molecule has 3 aromatic heterocycles. The summed E-state index contributed by atoms with van der Waals surface area (Å²) in [7, 11) is 0. The summed E-state index contributed by atoms with van der Waals surface area (Å²) < 4.78 is 5.80. The molecule has 1 N–H and O–H groups in total. The van der Waals surface area contributed by atoms with E-state index in [-0.39, 0.29) is 7.21 Å². The van der Waals surface area contributed by atoms with Crippen molar-refractivity contribution in [2.75, 3.05) is 6.26 Å². The fourth-order valence-corrected chi connectivity index (χ4v) is 4.66. The number of hydrogen-bond acceptors (Lipinski definition) is 7. The van der Waals surface area contributed by atoms with Gasteiger partial charge in [-0.1, -0.05) is 19.0 Å². The molecule has 4 rings (SSSR count). The van der Waals surface area contributed by atoms with Crippen LogP contribution in [0.15, 0.2) is 15.7 Å². The van der Waals surface area contributed by atoms with Gasteiger partial charge in [0, 0.05) is 13.4 Å². The predicted octanol–water partition coefficient (Wildman–Crippen LogP) is 4.33. The lowest BCUT2D eigenvalue weighted by atomic mass is 9.68. The number of fused-ring (bicyclic) bond motifs is 2. The Balaban J connectivity index is 0.00000225. The van der Waals surface area contributed by atoms with Crippen LogP contribution in [0.5, 0.6) is 0 Å². The molecule has 3 heterocycles. The third-order valence-corrected chi connectivity index (χ3v) is 6.25. The first kappa shape index (κ1) is 18.2. The first-order valence-corrected chi connectivity index (χ1v) is 10.6. The van der Waals surface area contributed by atoms with Crippen molar-refractivity contribution in [2.45, 2.75) is 62.8 Å². The molecule has 3 aromatic rings. The highest BCUT2D eigenvalue weighted by Gasteiger charge is 2.46. The van der Waals surface area contributed by atoms with Crippen LogP contribution < -0.4 is 0 Å². The fourth-order valence-electron chi connectivity index (χ4n) is 4.11. The molecule has 7 nitrogen and oxygen atoms in total.